The molecule has 6 heteroatoms. The van der Waals surface area contributed by atoms with Gasteiger partial charge in [-0.3, -0.25) is 0 Å². The maximum absolute atomic E-state index is 5.10. The molecular formula is C11H15N5O. The van der Waals surface area contributed by atoms with Gasteiger partial charge in [-0.2, -0.15) is 4.98 Å². The molecule has 0 saturated carbocycles. The molecule has 6 nitrogen and oxygen atoms in total. The van der Waals surface area contributed by atoms with E-state index in [1.807, 2.05) is 26.0 Å². The van der Waals surface area contributed by atoms with Gasteiger partial charge in [0.2, 0.25) is 5.95 Å². The van der Waals surface area contributed by atoms with Crippen molar-refractivity contribution in [2.75, 3.05) is 17.7 Å². The zero-order chi connectivity index (χ0) is 12.3. The monoisotopic (exact) mass is 233 g/mol. The van der Waals surface area contributed by atoms with Crippen molar-refractivity contribution in [2.24, 2.45) is 0 Å². The highest BCUT2D eigenvalue weighted by atomic mass is 16.5. The van der Waals surface area contributed by atoms with E-state index in [4.69, 9.17) is 4.52 Å². The summed E-state index contributed by atoms with van der Waals surface area (Å²) in [5.74, 6) is 2.14. The Labute approximate surface area is 99.5 Å². The van der Waals surface area contributed by atoms with Gasteiger partial charge in [-0.25, -0.2) is 4.98 Å². The highest BCUT2D eigenvalue weighted by Crippen LogP contribution is 2.11. The van der Waals surface area contributed by atoms with Crippen LogP contribution in [-0.4, -0.2) is 22.2 Å². The van der Waals surface area contributed by atoms with Crippen molar-refractivity contribution >= 4 is 11.8 Å². The van der Waals surface area contributed by atoms with E-state index >= 15 is 0 Å². The molecule has 0 spiro atoms. The standard InChI is InChI=1S/C11H15N5O/c1-7-5-10(15-11(12-3)14-7)13-6-9-4-8(2)16-17-9/h4-5H,6H2,1-3H3,(H2,12,13,14,15). The van der Waals surface area contributed by atoms with Crippen LogP contribution in [0.1, 0.15) is 17.1 Å². The van der Waals surface area contributed by atoms with Crippen molar-refractivity contribution in [3.05, 3.63) is 29.3 Å². The van der Waals surface area contributed by atoms with Gasteiger partial charge in [0.15, 0.2) is 5.76 Å². The quantitative estimate of drug-likeness (QED) is 0.837. The fourth-order valence-electron chi connectivity index (χ4n) is 1.45. The van der Waals surface area contributed by atoms with Gasteiger partial charge in [-0.1, -0.05) is 5.16 Å². The normalized spacial score (nSPS) is 10.3. The first kappa shape index (κ1) is 11.4. The number of aryl methyl sites for hydroxylation is 2. The molecule has 2 aromatic heterocycles. The third-order valence-electron chi connectivity index (χ3n) is 2.20. The summed E-state index contributed by atoms with van der Waals surface area (Å²) in [6, 6.07) is 3.77. The Morgan fingerprint density at radius 2 is 2.00 bits per heavy atom. The topological polar surface area (TPSA) is 75.9 Å². The smallest absolute Gasteiger partial charge is 0.224 e. The second-order valence-corrected chi connectivity index (χ2v) is 3.76. The zero-order valence-corrected chi connectivity index (χ0v) is 10.1. The molecule has 0 amide bonds. The minimum absolute atomic E-state index is 0.556. The predicted octanol–water partition coefficient (Wildman–Crippen LogP) is 1.74. The van der Waals surface area contributed by atoms with Crippen molar-refractivity contribution in [1.29, 1.82) is 0 Å². The van der Waals surface area contributed by atoms with Crippen molar-refractivity contribution in [3.63, 3.8) is 0 Å². The molecule has 0 fully saturated rings. The molecule has 17 heavy (non-hydrogen) atoms. The van der Waals surface area contributed by atoms with Crippen molar-refractivity contribution in [1.82, 2.24) is 15.1 Å². The molecule has 2 N–H and O–H groups in total. The first-order valence-corrected chi connectivity index (χ1v) is 5.37. The predicted molar refractivity (Wildman–Crippen MR) is 64.9 cm³/mol. The Bertz CT molecular complexity index is 508. The molecule has 2 rings (SSSR count). The Balaban J connectivity index is 2.05. The van der Waals surface area contributed by atoms with Crippen molar-refractivity contribution in [3.8, 4) is 0 Å². The van der Waals surface area contributed by atoms with Crippen LogP contribution in [0, 0.1) is 13.8 Å². The summed E-state index contributed by atoms with van der Waals surface area (Å²) in [5, 5.41) is 9.90. The van der Waals surface area contributed by atoms with Crippen LogP contribution in [0.25, 0.3) is 0 Å². The van der Waals surface area contributed by atoms with E-state index in [0.29, 0.717) is 12.5 Å². The lowest BCUT2D eigenvalue weighted by Gasteiger charge is -2.06. The second kappa shape index (κ2) is 4.82. The summed E-state index contributed by atoms with van der Waals surface area (Å²) < 4.78 is 5.10. The Hall–Kier alpha value is -2.11. The number of rotatable bonds is 4. The largest absolute Gasteiger partial charge is 0.363 e. The van der Waals surface area contributed by atoms with E-state index in [-0.39, 0.29) is 0 Å². The molecule has 2 heterocycles. The summed E-state index contributed by atoms with van der Waals surface area (Å²) in [6.07, 6.45) is 0. The van der Waals surface area contributed by atoms with Crippen molar-refractivity contribution < 1.29 is 4.52 Å². The molecule has 0 unspecified atom stereocenters. The van der Waals surface area contributed by atoms with Crippen LogP contribution in [-0.2, 0) is 6.54 Å². The number of nitrogens with one attached hydrogen (secondary N) is 2. The molecule has 0 aliphatic rings. The van der Waals surface area contributed by atoms with E-state index < -0.39 is 0 Å². The van der Waals surface area contributed by atoms with Gasteiger partial charge < -0.3 is 15.2 Å². The average molecular weight is 233 g/mol. The lowest BCUT2D eigenvalue weighted by atomic mass is 10.3. The number of hydrogen-bond donors (Lipinski definition) is 2. The van der Waals surface area contributed by atoms with Crippen LogP contribution in [0.2, 0.25) is 0 Å². The molecule has 0 aromatic carbocycles. The van der Waals surface area contributed by atoms with Crippen LogP contribution in [0.4, 0.5) is 11.8 Å². The van der Waals surface area contributed by atoms with E-state index in [0.717, 1.165) is 23.0 Å². The fraction of sp³-hybridized carbons (Fsp3) is 0.364. The van der Waals surface area contributed by atoms with Crippen LogP contribution in [0.5, 0.6) is 0 Å². The molecule has 0 aliphatic heterocycles. The lowest BCUT2D eigenvalue weighted by Crippen LogP contribution is -2.05. The van der Waals surface area contributed by atoms with Gasteiger partial charge in [0.1, 0.15) is 5.82 Å². The molecule has 0 bridgehead atoms. The van der Waals surface area contributed by atoms with Gasteiger partial charge in [0.25, 0.3) is 0 Å². The third kappa shape index (κ3) is 2.93. The van der Waals surface area contributed by atoms with Crippen molar-refractivity contribution in [2.45, 2.75) is 20.4 Å². The highest BCUT2D eigenvalue weighted by molar-refractivity contribution is 5.41. The first-order valence-electron chi connectivity index (χ1n) is 5.37. The molecule has 2 aromatic rings. The van der Waals surface area contributed by atoms with Gasteiger partial charge >= 0.3 is 0 Å². The second-order valence-electron chi connectivity index (χ2n) is 3.76. The SMILES string of the molecule is CNc1nc(C)cc(NCc2cc(C)no2)n1. The fourth-order valence-corrected chi connectivity index (χ4v) is 1.45. The lowest BCUT2D eigenvalue weighted by molar-refractivity contribution is 0.384. The number of anilines is 2. The Morgan fingerprint density at radius 1 is 1.18 bits per heavy atom. The summed E-state index contributed by atoms with van der Waals surface area (Å²) >= 11 is 0. The van der Waals surface area contributed by atoms with Crippen LogP contribution in [0.15, 0.2) is 16.7 Å². The van der Waals surface area contributed by atoms with E-state index in [2.05, 4.69) is 25.8 Å². The molecular weight excluding hydrogens is 218 g/mol. The van der Waals surface area contributed by atoms with E-state index in [1.165, 1.54) is 0 Å². The summed E-state index contributed by atoms with van der Waals surface area (Å²) in [5.41, 5.74) is 1.78. The van der Waals surface area contributed by atoms with Gasteiger partial charge in [-0.05, 0) is 13.8 Å². The molecule has 0 saturated heterocycles. The number of hydrogen-bond acceptors (Lipinski definition) is 6. The molecule has 90 valence electrons. The van der Waals surface area contributed by atoms with Crippen LogP contribution < -0.4 is 10.6 Å². The van der Waals surface area contributed by atoms with Gasteiger partial charge in [-0.15, -0.1) is 0 Å². The number of nitrogens with zero attached hydrogens (tertiary/aromatic N) is 3. The Morgan fingerprint density at radius 3 is 2.65 bits per heavy atom. The summed E-state index contributed by atoms with van der Waals surface area (Å²) in [4.78, 5) is 8.49. The summed E-state index contributed by atoms with van der Waals surface area (Å²) in [6.45, 7) is 4.37. The Kier molecular flexibility index (Phi) is 3.22. The maximum Gasteiger partial charge on any atom is 0.224 e. The average Bonchev–Trinajstić information content (AvgIpc) is 2.72. The summed E-state index contributed by atoms with van der Waals surface area (Å²) in [7, 11) is 1.79. The molecule has 0 aliphatic carbocycles. The molecule has 0 radical (unpaired) electrons. The van der Waals surface area contributed by atoms with Crippen LogP contribution >= 0.6 is 0 Å². The molecule has 0 atom stereocenters. The minimum atomic E-state index is 0.556. The highest BCUT2D eigenvalue weighted by Gasteiger charge is 2.03. The zero-order valence-electron chi connectivity index (χ0n) is 10.1. The number of aromatic nitrogens is 3. The van der Waals surface area contributed by atoms with Gasteiger partial charge in [0.05, 0.1) is 12.2 Å². The van der Waals surface area contributed by atoms with E-state index in [1.54, 1.807) is 7.05 Å². The van der Waals surface area contributed by atoms with Crippen LogP contribution in [0.3, 0.4) is 0 Å². The van der Waals surface area contributed by atoms with E-state index in [9.17, 15) is 0 Å². The first-order chi connectivity index (χ1) is 8.17. The van der Waals surface area contributed by atoms with Gasteiger partial charge in [0, 0.05) is 24.9 Å². The maximum atomic E-state index is 5.10. The third-order valence-corrected chi connectivity index (χ3v) is 2.20. The minimum Gasteiger partial charge on any atom is -0.363 e.